The second-order valence-corrected chi connectivity index (χ2v) is 5.00. The van der Waals surface area contributed by atoms with Gasteiger partial charge in [0.15, 0.2) is 11.6 Å². The molecule has 5 nitrogen and oxygen atoms in total. The first-order valence-electron chi connectivity index (χ1n) is 6.29. The number of nitrogens with one attached hydrogen (secondary N) is 2. The summed E-state index contributed by atoms with van der Waals surface area (Å²) in [6, 6.07) is 3.14. The lowest BCUT2D eigenvalue weighted by molar-refractivity contribution is 0.404. The zero-order valence-corrected chi connectivity index (χ0v) is 11.7. The van der Waals surface area contributed by atoms with Crippen LogP contribution in [0.1, 0.15) is 5.56 Å². The minimum Gasteiger partial charge on any atom is -0.504 e. The maximum Gasteiger partial charge on any atom is 0.156 e. The normalized spacial score (nSPS) is 14.9. The Morgan fingerprint density at radius 2 is 2.14 bits per heavy atom. The maximum absolute atomic E-state index is 13.9. The molecule has 2 aromatic rings. The van der Waals surface area contributed by atoms with Crippen LogP contribution in [0.3, 0.4) is 0 Å². The zero-order valence-electron chi connectivity index (χ0n) is 10.9. The highest BCUT2D eigenvalue weighted by Crippen LogP contribution is 2.18. The predicted molar refractivity (Wildman–Crippen MR) is 77.9 cm³/mol. The molecule has 0 spiro atoms. The summed E-state index contributed by atoms with van der Waals surface area (Å²) in [6.45, 7) is 0.712. The number of aliphatic hydroxyl groups excluding tert-OH is 1. The first kappa shape index (κ1) is 13.6. The molecular formula is C14H12ClFN4O. The highest BCUT2D eigenvalue weighted by atomic mass is 35.5. The maximum atomic E-state index is 13.9. The fourth-order valence-corrected chi connectivity index (χ4v) is 2.24. The van der Waals surface area contributed by atoms with Gasteiger partial charge in [-0.1, -0.05) is 11.6 Å². The van der Waals surface area contributed by atoms with Gasteiger partial charge in [-0.3, -0.25) is 4.98 Å². The molecule has 3 rings (SSSR count). The second-order valence-electron chi connectivity index (χ2n) is 4.55. The number of dihydropyridines is 1. The van der Waals surface area contributed by atoms with Crippen molar-refractivity contribution in [1.29, 1.82) is 0 Å². The molecule has 0 saturated heterocycles. The minimum absolute atomic E-state index is 0.00327. The van der Waals surface area contributed by atoms with Crippen LogP contribution >= 0.6 is 11.6 Å². The number of aromatic nitrogens is 2. The summed E-state index contributed by atoms with van der Waals surface area (Å²) in [6.07, 6.45) is 4.59. The largest absolute Gasteiger partial charge is 0.504 e. The number of aliphatic hydroxyl groups is 1. The van der Waals surface area contributed by atoms with Crippen molar-refractivity contribution in [3.05, 3.63) is 58.6 Å². The highest BCUT2D eigenvalue weighted by molar-refractivity contribution is 6.30. The van der Waals surface area contributed by atoms with Gasteiger partial charge in [-0.2, -0.15) is 0 Å². The van der Waals surface area contributed by atoms with Crippen LogP contribution in [0.2, 0.25) is 0 Å². The third-order valence-electron chi connectivity index (χ3n) is 3.09. The number of fused-ring (bicyclic) bond motifs is 1. The smallest absolute Gasteiger partial charge is 0.156 e. The van der Waals surface area contributed by atoms with Crippen LogP contribution in [-0.2, 0) is 6.54 Å². The van der Waals surface area contributed by atoms with Gasteiger partial charge < -0.3 is 15.7 Å². The van der Waals surface area contributed by atoms with Gasteiger partial charge in [0.2, 0.25) is 0 Å². The summed E-state index contributed by atoms with van der Waals surface area (Å²) < 4.78 is 13.9. The molecule has 1 aromatic carbocycles. The molecule has 2 heterocycles. The predicted octanol–water partition coefficient (Wildman–Crippen LogP) is 2.31. The van der Waals surface area contributed by atoms with E-state index in [9.17, 15) is 9.50 Å². The summed E-state index contributed by atoms with van der Waals surface area (Å²) in [5.74, 6) is -0.428. The van der Waals surface area contributed by atoms with Crippen molar-refractivity contribution < 1.29 is 9.50 Å². The number of hydrogen-bond donors (Lipinski definition) is 3. The van der Waals surface area contributed by atoms with Gasteiger partial charge in [0.25, 0.3) is 0 Å². The molecule has 0 saturated carbocycles. The van der Waals surface area contributed by atoms with Crippen LogP contribution in [-0.4, -0.2) is 21.6 Å². The molecule has 0 radical (unpaired) electrons. The molecule has 1 aliphatic rings. The average molecular weight is 307 g/mol. The number of halogens is 2. The first-order chi connectivity index (χ1) is 10.1. The summed E-state index contributed by atoms with van der Waals surface area (Å²) in [5, 5.41) is 16.1. The zero-order chi connectivity index (χ0) is 14.8. The van der Waals surface area contributed by atoms with Crippen LogP contribution in [0.5, 0.6) is 0 Å². The Bertz CT molecular complexity index is 760. The third-order valence-corrected chi connectivity index (χ3v) is 3.40. The molecular weight excluding hydrogens is 295 g/mol. The molecule has 1 aliphatic heterocycles. The fraction of sp³-hybridized carbons (Fsp3) is 0.143. The Balaban J connectivity index is 1.81. The van der Waals surface area contributed by atoms with E-state index in [-0.39, 0.29) is 11.3 Å². The van der Waals surface area contributed by atoms with Crippen LogP contribution in [0.4, 0.5) is 4.39 Å². The summed E-state index contributed by atoms with van der Waals surface area (Å²) in [5.41, 5.74) is 1.88. The lowest BCUT2D eigenvalue weighted by Gasteiger charge is -2.17. The van der Waals surface area contributed by atoms with E-state index in [1.807, 2.05) is 0 Å². The first-order valence-corrected chi connectivity index (χ1v) is 6.67. The Hall–Kier alpha value is -2.34. The van der Waals surface area contributed by atoms with Gasteiger partial charge >= 0.3 is 0 Å². The molecule has 3 N–H and O–H groups in total. The Morgan fingerprint density at radius 1 is 1.33 bits per heavy atom. The second kappa shape index (κ2) is 5.57. The summed E-state index contributed by atoms with van der Waals surface area (Å²) in [4.78, 5) is 8.04. The van der Waals surface area contributed by atoms with Crippen LogP contribution in [0, 0.1) is 5.82 Å². The molecule has 1 aromatic heterocycles. The molecule has 108 valence electrons. The van der Waals surface area contributed by atoms with Crippen LogP contribution in [0.15, 0.2) is 47.2 Å². The van der Waals surface area contributed by atoms with Gasteiger partial charge in [-0.05, 0) is 17.7 Å². The van der Waals surface area contributed by atoms with Crippen LogP contribution < -0.4 is 10.6 Å². The van der Waals surface area contributed by atoms with Gasteiger partial charge in [-0.15, -0.1) is 0 Å². The minimum atomic E-state index is -0.425. The molecule has 21 heavy (non-hydrogen) atoms. The van der Waals surface area contributed by atoms with E-state index in [0.717, 1.165) is 0 Å². The quantitative estimate of drug-likeness (QED) is 0.812. The fourth-order valence-electron chi connectivity index (χ4n) is 2.06. The van der Waals surface area contributed by atoms with E-state index in [4.69, 9.17) is 11.6 Å². The number of benzene rings is 1. The lowest BCUT2D eigenvalue weighted by atomic mass is 10.1. The lowest BCUT2D eigenvalue weighted by Crippen LogP contribution is -2.24. The van der Waals surface area contributed by atoms with E-state index in [2.05, 4.69) is 20.6 Å². The summed E-state index contributed by atoms with van der Waals surface area (Å²) in [7, 11) is 0. The third kappa shape index (κ3) is 2.75. The Morgan fingerprint density at radius 3 is 3.00 bits per heavy atom. The molecule has 0 unspecified atom stereocenters. The highest BCUT2D eigenvalue weighted by Gasteiger charge is 2.13. The van der Waals surface area contributed by atoms with Crippen molar-refractivity contribution in [1.82, 2.24) is 20.6 Å². The van der Waals surface area contributed by atoms with E-state index >= 15 is 0 Å². The number of hydrogen-bond acceptors (Lipinski definition) is 5. The number of nitrogens with zero attached hydrogens (tertiary/aromatic N) is 2. The van der Waals surface area contributed by atoms with E-state index in [1.54, 1.807) is 12.3 Å². The van der Waals surface area contributed by atoms with Crippen molar-refractivity contribution in [2.24, 2.45) is 0 Å². The van der Waals surface area contributed by atoms with Crippen LogP contribution in [0.25, 0.3) is 11.0 Å². The van der Waals surface area contributed by atoms with Gasteiger partial charge in [0.05, 0.1) is 22.8 Å². The van der Waals surface area contributed by atoms with Gasteiger partial charge in [0, 0.05) is 25.1 Å². The SMILES string of the molecule is OC1=C(Cl)CNC=C1NCc1cc(F)c2nccnc2c1. The number of rotatable bonds is 3. The molecule has 0 bridgehead atoms. The standard InChI is InChI=1S/C14H12ClFN4O/c15-9-6-17-7-12(14(9)21)20-5-8-3-10(16)13-11(4-8)18-1-2-19-13/h1-4,7,17,20-21H,5-6H2. The monoisotopic (exact) mass is 306 g/mol. The van der Waals surface area contributed by atoms with Crippen molar-refractivity contribution in [2.75, 3.05) is 6.54 Å². The molecule has 7 heteroatoms. The molecule has 0 aliphatic carbocycles. The van der Waals surface area contributed by atoms with Gasteiger partial charge in [-0.25, -0.2) is 9.37 Å². The Kier molecular flexibility index (Phi) is 3.62. The topological polar surface area (TPSA) is 70.1 Å². The van der Waals surface area contributed by atoms with Crippen molar-refractivity contribution in [2.45, 2.75) is 6.54 Å². The van der Waals surface area contributed by atoms with Gasteiger partial charge in [0.1, 0.15) is 5.52 Å². The van der Waals surface area contributed by atoms with Crippen molar-refractivity contribution in [3.8, 4) is 0 Å². The van der Waals surface area contributed by atoms with E-state index in [1.165, 1.54) is 18.5 Å². The summed E-state index contributed by atoms with van der Waals surface area (Å²) >= 11 is 5.85. The molecule has 0 amide bonds. The van der Waals surface area contributed by atoms with Crippen molar-refractivity contribution >= 4 is 22.6 Å². The Labute approximate surface area is 125 Å². The molecule has 0 atom stereocenters. The average Bonchev–Trinajstić information content (AvgIpc) is 2.49. The van der Waals surface area contributed by atoms with E-state index < -0.39 is 5.82 Å². The van der Waals surface area contributed by atoms with E-state index in [0.29, 0.717) is 34.9 Å². The van der Waals surface area contributed by atoms with Crippen molar-refractivity contribution in [3.63, 3.8) is 0 Å². The molecule has 0 fully saturated rings.